The number of nitrogens with zero attached hydrogens (tertiary/aromatic N) is 1. The monoisotopic (exact) mass is 276 g/mol. The molecular formula is C14H16N2O4. The van der Waals surface area contributed by atoms with E-state index >= 15 is 0 Å². The van der Waals surface area contributed by atoms with Crippen molar-refractivity contribution < 1.29 is 9.90 Å². The van der Waals surface area contributed by atoms with Gasteiger partial charge in [0.15, 0.2) is 0 Å². The minimum absolute atomic E-state index is 0.213. The Morgan fingerprint density at radius 3 is 2.00 bits per heavy atom. The van der Waals surface area contributed by atoms with Crippen LogP contribution >= 0.6 is 0 Å². The number of nitrogens with two attached hydrogens (primary N) is 1. The minimum Gasteiger partial charge on any atom is -0.480 e. The fourth-order valence-corrected chi connectivity index (χ4v) is 2.25. The molecule has 0 aliphatic rings. The van der Waals surface area contributed by atoms with Crippen molar-refractivity contribution in [2.45, 2.75) is 25.3 Å². The molecule has 2 bridgehead atoms. The normalized spacial score (nSPS) is 12.7. The first-order valence-electron chi connectivity index (χ1n) is 6.47. The zero-order valence-electron chi connectivity index (χ0n) is 10.9. The maximum absolute atomic E-state index is 12.3. The van der Waals surface area contributed by atoms with Gasteiger partial charge >= 0.3 is 5.97 Å². The van der Waals surface area contributed by atoms with Crippen LogP contribution in [0, 0.1) is 0 Å². The average Bonchev–Trinajstić information content (AvgIpc) is 2.62. The van der Waals surface area contributed by atoms with E-state index in [0.29, 0.717) is 30.2 Å². The molecule has 0 amide bonds. The Bertz CT molecular complexity index is 655. The highest BCUT2D eigenvalue weighted by molar-refractivity contribution is 5.73. The number of aliphatic carboxylic acids is 1. The largest absolute Gasteiger partial charge is 0.480 e. The second-order valence-corrected chi connectivity index (χ2v) is 4.70. The maximum atomic E-state index is 12.3. The van der Waals surface area contributed by atoms with Gasteiger partial charge in [0.05, 0.1) is 0 Å². The highest BCUT2D eigenvalue weighted by atomic mass is 16.4. The lowest BCUT2D eigenvalue weighted by atomic mass is 10.1. The number of benzene rings is 1. The van der Waals surface area contributed by atoms with Crippen LogP contribution in [0.1, 0.15) is 25.3 Å². The van der Waals surface area contributed by atoms with Gasteiger partial charge in [-0.3, -0.25) is 14.2 Å². The molecule has 2 aromatic heterocycles. The van der Waals surface area contributed by atoms with Crippen LogP contribution in [0.5, 0.6) is 0 Å². The van der Waals surface area contributed by atoms with Gasteiger partial charge in [0.25, 0.3) is 11.1 Å². The number of carbonyl (C=O) groups is 1. The number of fused-ring (bicyclic) bond motifs is 4. The van der Waals surface area contributed by atoms with Gasteiger partial charge in [0.2, 0.25) is 0 Å². The molecule has 1 atom stereocenters. The number of unbranched alkanes of at least 4 members (excludes halogenated alkanes) is 1. The third kappa shape index (κ3) is 2.55. The summed E-state index contributed by atoms with van der Waals surface area (Å²) in [6, 6.07) is 5.00. The molecule has 0 unspecified atom stereocenters. The van der Waals surface area contributed by atoms with Crippen molar-refractivity contribution in [2.24, 2.45) is 5.73 Å². The lowest BCUT2D eigenvalue weighted by Gasteiger charge is -2.13. The van der Waals surface area contributed by atoms with Gasteiger partial charge in [0, 0.05) is 10.8 Å². The smallest absolute Gasteiger partial charge is 0.326 e. The molecule has 6 nitrogen and oxygen atoms in total. The van der Waals surface area contributed by atoms with Crippen molar-refractivity contribution in [3.63, 3.8) is 0 Å². The predicted octanol–water partition coefficient (Wildman–Crippen LogP) is 0.554. The molecule has 0 aliphatic heterocycles. The molecule has 2 heterocycles. The Morgan fingerprint density at radius 1 is 1.10 bits per heavy atom. The third-order valence-corrected chi connectivity index (χ3v) is 3.34. The number of carboxylic acid groups (broad SMARTS) is 1. The zero-order valence-corrected chi connectivity index (χ0v) is 10.9. The number of rotatable bonds is 6. The number of carboxylic acids is 1. The van der Waals surface area contributed by atoms with E-state index in [-0.39, 0.29) is 6.42 Å². The van der Waals surface area contributed by atoms with Crippen LogP contribution in [0.2, 0.25) is 0 Å². The molecule has 106 valence electrons. The zero-order chi connectivity index (χ0) is 14.7. The van der Waals surface area contributed by atoms with Gasteiger partial charge in [-0.25, -0.2) is 4.79 Å². The molecule has 3 N–H and O–H groups in total. The van der Waals surface area contributed by atoms with E-state index < -0.39 is 23.1 Å². The summed E-state index contributed by atoms with van der Waals surface area (Å²) >= 11 is 0. The highest BCUT2D eigenvalue weighted by Gasteiger charge is 2.23. The standard InChI is InChI=1S/C14H16N2O4/c15-8-2-1-3-11(14(19)20)16-12(17)9-4-5-10(7-6-9)13(16)18/h4-7,11H,1-3,8,15H2,(H,19,20)/t11-/m0/s1. The van der Waals surface area contributed by atoms with E-state index in [1.807, 2.05) is 0 Å². The van der Waals surface area contributed by atoms with Crippen LogP contribution in [0.15, 0.2) is 33.9 Å². The summed E-state index contributed by atoms with van der Waals surface area (Å²) in [6.45, 7) is 0.450. The Hall–Kier alpha value is -2.21. The molecule has 0 spiro atoms. The lowest BCUT2D eigenvalue weighted by molar-refractivity contribution is -0.141. The number of aromatic nitrogens is 1. The van der Waals surface area contributed by atoms with Gasteiger partial charge in [0.1, 0.15) is 6.04 Å². The van der Waals surface area contributed by atoms with Crippen LogP contribution in [0.4, 0.5) is 0 Å². The van der Waals surface area contributed by atoms with Crippen LogP contribution in [0.3, 0.4) is 0 Å². The van der Waals surface area contributed by atoms with E-state index in [0.717, 1.165) is 4.57 Å². The van der Waals surface area contributed by atoms with Crippen molar-refractivity contribution in [2.75, 3.05) is 6.54 Å². The summed E-state index contributed by atoms with van der Waals surface area (Å²) in [7, 11) is 0. The number of hydrogen-bond acceptors (Lipinski definition) is 4. The molecular weight excluding hydrogens is 260 g/mol. The quantitative estimate of drug-likeness (QED) is 0.750. The van der Waals surface area contributed by atoms with Crippen LogP contribution in [-0.4, -0.2) is 22.2 Å². The van der Waals surface area contributed by atoms with E-state index in [1.165, 1.54) is 24.3 Å². The molecule has 20 heavy (non-hydrogen) atoms. The molecule has 0 fully saturated rings. The van der Waals surface area contributed by atoms with Crippen molar-refractivity contribution in [3.05, 3.63) is 45.0 Å². The summed E-state index contributed by atoms with van der Waals surface area (Å²) in [5, 5.41) is 9.96. The third-order valence-electron chi connectivity index (χ3n) is 3.34. The van der Waals surface area contributed by atoms with Gasteiger partial charge in [-0.05, 0) is 50.1 Å². The first-order valence-corrected chi connectivity index (χ1v) is 6.47. The van der Waals surface area contributed by atoms with Gasteiger partial charge in [-0.1, -0.05) is 0 Å². The van der Waals surface area contributed by atoms with E-state index in [9.17, 15) is 19.5 Å². The molecule has 0 saturated heterocycles. The second-order valence-electron chi connectivity index (χ2n) is 4.70. The van der Waals surface area contributed by atoms with Crippen molar-refractivity contribution in [3.8, 4) is 0 Å². The summed E-state index contributed by atoms with van der Waals surface area (Å²) in [4.78, 5) is 35.9. The van der Waals surface area contributed by atoms with E-state index in [1.54, 1.807) is 0 Å². The topological polar surface area (TPSA) is 102 Å². The Labute approximate surface area is 114 Å². The van der Waals surface area contributed by atoms with Crippen LogP contribution in [-0.2, 0) is 4.79 Å². The molecule has 3 aromatic rings. The summed E-state index contributed by atoms with van der Waals surface area (Å²) < 4.78 is 0.851. The molecule has 0 saturated carbocycles. The summed E-state index contributed by atoms with van der Waals surface area (Å²) in [5.41, 5.74) is 4.26. The molecule has 3 rings (SSSR count). The fourth-order valence-electron chi connectivity index (χ4n) is 2.25. The number of hydrogen-bond donors (Lipinski definition) is 2. The molecule has 0 radical (unpaired) electrons. The Morgan fingerprint density at radius 2 is 1.60 bits per heavy atom. The lowest BCUT2D eigenvalue weighted by Crippen LogP contribution is -2.37. The summed E-state index contributed by atoms with van der Waals surface area (Å²) in [5.74, 6) is -1.17. The second kappa shape index (κ2) is 5.83. The highest BCUT2D eigenvalue weighted by Crippen LogP contribution is 2.13. The van der Waals surface area contributed by atoms with Gasteiger partial charge in [-0.2, -0.15) is 0 Å². The SMILES string of the molecule is NCCCC[C@@H](C(=O)O)n1c(=O)c2ccc(cc2)c1=O. The average molecular weight is 276 g/mol. The van der Waals surface area contributed by atoms with E-state index in [4.69, 9.17) is 5.73 Å². The molecule has 0 aliphatic carbocycles. The van der Waals surface area contributed by atoms with Crippen molar-refractivity contribution in [1.29, 1.82) is 0 Å². The van der Waals surface area contributed by atoms with Crippen molar-refractivity contribution in [1.82, 2.24) is 4.57 Å². The first kappa shape index (κ1) is 14.2. The minimum atomic E-state index is -1.17. The van der Waals surface area contributed by atoms with Crippen LogP contribution < -0.4 is 16.9 Å². The Kier molecular flexibility index (Phi) is 4.14. The molecule has 1 aromatic carbocycles. The maximum Gasteiger partial charge on any atom is 0.326 e. The summed E-state index contributed by atoms with van der Waals surface area (Å²) in [6.07, 6.45) is 1.42. The predicted molar refractivity (Wildman–Crippen MR) is 75.2 cm³/mol. The Balaban J connectivity index is 2.57. The molecule has 6 heteroatoms. The fraction of sp³-hybridized carbons (Fsp3) is 0.357. The first-order chi connectivity index (χ1) is 9.56. The van der Waals surface area contributed by atoms with Crippen LogP contribution in [0.25, 0.3) is 10.8 Å². The van der Waals surface area contributed by atoms with Crippen molar-refractivity contribution >= 4 is 16.7 Å². The van der Waals surface area contributed by atoms with Gasteiger partial charge < -0.3 is 10.8 Å². The van der Waals surface area contributed by atoms with Gasteiger partial charge in [-0.15, -0.1) is 0 Å². The van der Waals surface area contributed by atoms with E-state index in [2.05, 4.69) is 0 Å².